The van der Waals surface area contributed by atoms with Gasteiger partial charge < -0.3 is 8.92 Å². The average molecular weight is 331 g/mol. The third-order valence-corrected chi connectivity index (χ3v) is 4.00. The van der Waals surface area contributed by atoms with E-state index in [-0.39, 0.29) is 21.4 Å². The minimum absolute atomic E-state index is 0.00109. The molecule has 112 valence electrons. The van der Waals surface area contributed by atoms with Gasteiger partial charge in [0.05, 0.1) is 6.61 Å². The average Bonchev–Trinajstić information content (AvgIpc) is 2.43. The van der Waals surface area contributed by atoms with Crippen molar-refractivity contribution in [2.24, 2.45) is 0 Å². The van der Waals surface area contributed by atoms with Crippen LogP contribution in [0, 0.1) is 5.82 Å². The Hall–Kier alpha value is -1.79. The summed E-state index contributed by atoms with van der Waals surface area (Å²) in [7, 11) is -4.13. The van der Waals surface area contributed by atoms with Gasteiger partial charge in [-0.25, -0.2) is 4.39 Å². The maximum absolute atomic E-state index is 12.8. The highest BCUT2D eigenvalue weighted by atomic mass is 35.5. The van der Waals surface area contributed by atoms with Crippen molar-refractivity contribution in [3.63, 3.8) is 0 Å². The molecule has 0 bridgehead atoms. The number of rotatable bonds is 5. The molecule has 0 amide bonds. The second kappa shape index (κ2) is 6.32. The molecule has 0 atom stereocenters. The van der Waals surface area contributed by atoms with Crippen molar-refractivity contribution in [1.29, 1.82) is 0 Å². The third-order valence-electron chi connectivity index (χ3n) is 2.49. The molecule has 0 aliphatic rings. The fourth-order valence-corrected chi connectivity index (χ4v) is 2.95. The molecule has 7 heteroatoms. The van der Waals surface area contributed by atoms with Crippen LogP contribution in [-0.2, 0) is 10.1 Å². The molecular formula is C14H12ClFO4S. The maximum atomic E-state index is 12.8. The molecule has 0 radical (unpaired) electrons. The van der Waals surface area contributed by atoms with Crippen LogP contribution in [0.15, 0.2) is 47.4 Å². The fraction of sp³-hybridized carbons (Fsp3) is 0.143. The van der Waals surface area contributed by atoms with Crippen LogP contribution in [0.4, 0.5) is 4.39 Å². The number of benzene rings is 2. The lowest BCUT2D eigenvalue weighted by Crippen LogP contribution is -2.12. The van der Waals surface area contributed by atoms with Gasteiger partial charge in [0.2, 0.25) is 0 Å². The van der Waals surface area contributed by atoms with Crippen molar-refractivity contribution in [1.82, 2.24) is 0 Å². The SMILES string of the molecule is CCOc1ccc(Cl)cc1S(=O)(=O)Oc1ccc(F)cc1. The predicted molar refractivity (Wildman–Crippen MR) is 76.8 cm³/mol. The van der Waals surface area contributed by atoms with E-state index in [4.69, 9.17) is 20.5 Å². The smallest absolute Gasteiger partial charge is 0.342 e. The molecule has 4 nitrogen and oxygen atoms in total. The summed E-state index contributed by atoms with van der Waals surface area (Å²) in [5.74, 6) is -0.347. The molecule has 0 saturated carbocycles. The summed E-state index contributed by atoms with van der Waals surface area (Å²) >= 11 is 5.82. The largest absolute Gasteiger partial charge is 0.492 e. The van der Waals surface area contributed by atoms with Gasteiger partial charge in [0, 0.05) is 5.02 Å². The summed E-state index contributed by atoms with van der Waals surface area (Å²) in [4.78, 5) is -0.179. The van der Waals surface area contributed by atoms with Crippen LogP contribution in [-0.4, -0.2) is 15.0 Å². The highest BCUT2D eigenvalue weighted by Gasteiger charge is 2.22. The van der Waals surface area contributed by atoms with E-state index in [9.17, 15) is 12.8 Å². The van der Waals surface area contributed by atoms with Crippen molar-refractivity contribution in [2.75, 3.05) is 6.61 Å². The highest BCUT2D eigenvalue weighted by molar-refractivity contribution is 7.87. The molecule has 0 heterocycles. The zero-order valence-electron chi connectivity index (χ0n) is 11.0. The Balaban J connectivity index is 2.39. The van der Waals surface area contributed by atoms with Gasteiger partial charge in [-0.3, -0.25) is 0 Å². The van der Waals surface area contributed by atoms with Gasteiger partial charge in [-0.1, -0.05) is 11.6 Å². The Bertz CT molecular complexity index is 729. The van der Waals surface area contributed by atoms with Crippen molar-refractivity contribution in [2.45, 2.75) is 11.8 Å². The number of ether oxygens (including phenoxy) is 1. The summed E-state index contributed by atoms with van der Waals surface area (Å²) in [6, 6.07) is 8.86. The van der Waals surface area contributed by atoms with Crippen LogP contribution in [0.3, 0.4) is 0 Å². The van der Waals surface area contributed by atoms with Gasteiger partial charge in [-0.15, -0.1) is 0 Å². The monoisotopic (exact) mass is 330 g/mol. The van der Waals surface area contributed by atoms with E-state index in [2.05, 4.69) is 0 Å². The van der Waals surface area contributed by atoms with Crippen molar-refractivity contribution in [3.05, 3.63) is 53.3 Å². The Morgan fingerprint density at radius 2 is 1.81 bits per heavy atom. The summed E-state index contributed by atoms with van der Waals surface area (Å²) in [6.07, 6.45) is 0. The topological polar surface area (TPSA) is 52.6 Å². The minimum atomic E-state index is -4.13. The quantitative estimate of drug-likeness (QED) is 0.785. The van der Waals surface area contributed by atoms with Crippen LogP contribution in [0.5, 0.6) is 11.5 Å². The Labute approximate surface area is 127 Å². The molecule has 2 aromatic carbocycles. The summed E-state index contributed by atoms with van der Waals surface area (Å²) < 4.78 is 47.6. The summed E-state index contributed by atoms with van der Waals surface area (Å²) in [5.41, 5.74) is 0. The first-order valence-electron chi connectivity index (χ1n) is 6.05. The van der Waals surface area contributed by atoms with Crippen molar-refractivity contribution in [3.8, 4) is 11.5 Å². The molecule has 0 aliphatic heterocycles. The molecular weight excluding hydrogens is 319 g/mol. The van der Waals surface area contributed by atoms with Gasteiger partial charge in [0.25, 0.3) is 0 Å². The zero-order chi connectivity index (χ0) is 15.5. The first kappa shape index (κ1) is 15.6. The van der Waals surface area contributed by atoms with Crippen LogP contribution in [0.2, 0.25) is 5.02 Å². The van der Waals surface area contributed by atoms with E-state index in [1.807, 2.05) is 0 Å². The second-order valence-corrected chi connectivity index (χ2v) is 5.97. The van der Waals surface area contributed by atoms with E-state index < -0.39 is 15.9 Å². The molecule has 0 N–H and O–H groups in total. The number of hydrogen-bond donors (Lipinski definition) is 0. The predicted octanol–water partition coefficient (Wildman–Crippen LogP) is 3.65. The van der Waals surface area contributed by atoms with E-state index in [1.165, 1.54) is 30.3 Å². The van der Waals surface area contributed by atoms with Gasteiger partial charge in [-0.2, -0.15) is 8.42 Å². The molecule has 0 saturated heterocycles. The van der Waals surface area contributed by atoms with Gasteiger partial charge in [0.15, 0.2) is 0 Å². The van der Waals surface area contributed by atoms with Crippen LogP contribution >= 0.6 is 11.6 Å². The van der Waals surface area contributed by atoms with Gasteiger partial charge in [0.1, 0.15) is 22.2 Å². The van der Waals surface area contributed by atoms with Crippen molar-refractivity contribution >= 4 is 21.7 Å². The standard InChI is InChI=1S/C14H12ClFO4S/c1-2-19-13-8-3-10(15)9-14(13)21(17,18)20-12-6-4-11(16)5-7-12/h3-9H,2H2,1H3. The normalized spacial score (nSPS) is 11.2. The van der Waals surface area contributed by atoms with E-state index in [0.29, 0.717) is 6.61 Å². The van der Waals surface area contributed by atoms with E-state index in [0.717, 1.165) is 12.1 Å². The summed E-state index contributed by atoms with van der Waals surface area (Å²) in [5, 5.41) is 0.236. The van der Waals surface area contributed by atoms with Crippen LogP contribution in [0.1, 0.15) is 6.92 Å². The van der Waals surface area contributed by atoms with Crippen LogP contribution < -0.4 is 8.92 Å². The third kappa shape index (κ3) is 3.86. The number of halogens is 2. The Morgan fingerprint density at radius 1 is 1.14 bits per heavy atom. The lowest BCUT2D eigenvalue weighted by atomic mass is 10.3. The van der Waals surface area contributed by atoms with E-state index in [1.54, 1.807) is 6.92 Å². The van der Waals surface area contributed by atoms with Gasteiger partial charge >= 0.3 is 10.1 Å². The summed E-state index contributed by atoms with van der Waals surface area (Å²) in [6.45, 7) is 2.02. The Kier molecular flexibility index (Phi) is 4.69. The zero-order valence-corrected chi connectivity index (χ0v) is 12.6. The molecule has 0 spiro atoms. The maximum Gasteiger partial charge on any atom is 0.342 e. The Morgan fingerprint density at radius 3 is 2.43 bits per heavy atom. The highest BCUT2D eigenvalue weighted by Crippen LogP contribution is 2.29. The number of hydrogen-bond acceptors (Lipinski definition) is 4. The molecule has 2 rings (SSSR count). The first-order valence-corrected chi connectivity index (χ1v) is 7.83. The molecule has 21 heavy (non-hydrogen) atoms. The molecule has 0 fully saturated rings. The molecule has 0 unspecified atom stereocenters. The van der Waals surface area contributed by atoms with Gasteiger partial charge in [-0.05, 0) is 49.4 Å². The lowest BCUT2D eigenvalue weighted by Gasteiger charge is -2.12. The first-order chi connectivity index (χ1) is 9.92. The second-order valence-electron chi connectivity index (χ2n) is 4.02. The molecule has 0 aromatic heterocycles. The minimum Gasteiger partial charge on any atom is -0.492 e. The molecule has 2 aromatic rings. The van der Waals surface area contributed by atoms with E-state index >= 15 is 0 Å². The fourth-order valence-electron chi connectivity index (χ4n) is 1.61. The molecule has 0 aliphatic carbocycles. The van der Waals surface area contributed by atoms with Crippen LogP contribution in [0.25, 0.3) is 0 Å². The lowest BCUT2D eigenvalue weighted by molar-refractivity contribution is 0.329. The van der Waals surface area contributed by atoms with Crippen molar-refractivity contribution < 1.29 is 21.7 Å².